The highest BCUT2D eigenvalue weighted by molar-refractivity contribution is 7.80. The van der Waals surface area contributed by atoms with E-state index in [9.17, 15) is 0 Å². The predicted octanol–water partition coefficient (Wildman–Crippen LogP) is 5.00. The second-order valence-corrected chi connectivity index (χ2v) is 5.96. The van der Waals surface area contributed by atoms with E-state index in [0.717, 1.165) is 16.3 Å². The standard InChI is InChI=1S/C17H19ClN2S/c1-11-6-4-5-7-15(11)13(3)19-17(21)20-14-9-8-12(2)16(18)10-14/h4-10,13H,1-3H3,(H2,19,20,21). The van der Waals surface area contributed by atoms with Crippen LogP contribution in [0.2, 0.25) is 5.02 Å². The molecule has 4 heteroatoms. The third-order valence-corrected chi connectivity index (χ3v) is 4.06. The van der Waals surface area contributed by atoms with Gasteiger partial charge in [0, 0.05) is 10.7 Å². The zero-order valence-corrected chi connectivity index (χ0v) is 14.0. The maximum Gasteiger partial charge on any atom is 0.171 e. The van der Waals surface area contributed by atoms with E-state index < -0.39 is 0 Å². The smallest absolute Gasteiger partial charge is 0.171 e. The maximum absolute atomic E-state index is 6.12. The third-order valence-electron chi connectivity index (χ3n) is 3.43. The summed E-state index contributed by atoms with van der Waals surface area (Å²) in [6, 6.07) is 14.2. The first-order valence-corrected chi connectivity index (χ1v) is 7.65. The molecule has 2 rings (SSSR count). The van der Waals surface area contributed by atoms with Gasteiger partial charge in [0.15, 0.2) is 5.11 Å². The van der Waals surface area contributed by atoms with Crippen LogP contribution in [0.25, 0.3) is 0 Å². The minimum Gasteiger partial charge on any atom is -0.356 e. The van der Waals surface area contributed by atoms with Gasteiger partial charge in [0.05, 0.1) is 6.04 Å². The fourth-order valence-electron chi connectivity index (χ4n) is 2.18. The van der Waals surface area contributed by atoms with Crippen LogP contribution in [0.15, 0.2) is 42.5 Å². The normalized spacial score (nSPS) is 11.8. The molecule has 0 saturated carbocycles. The summed E-state index contributed by atoms with van der Waals surface area (Å²) < 4.78 is 0. The van der Waals surface area contributed by atoms with Crippen LogP contribution in [0, 0.1) is 13.8 Å². The van der Waals surface area contributed by atoms with Crippen LogP contribution in [-0.4, -0.2) is 5.11 Å². The molecule has 0 saturated heterocycles. The molecule has 0 aliphatic rings. The Morgan fingerprint density at radius 3 is 2.48 bits per heavy atom. The van der Waals surface area contributed by atoms with Crippen LogP contribution in [0.1, 0.15) is 29.7 Å². The van der Waals surface area contributed by atoms with Gasteiger partial charge in [0.25, 0.3) is 0 Å². The summed E-state index contributed by atoms with van der Waals surface area (Å²) in [5.74, 6) is 0. The molecule has 0 heterocycles. The van der Waals surface area contributed by atoms with Gasteiger partial charge in [-0.3, -0.25) is 0 Å². The fraction of sp³-hybridized carbons (Fsp3) is 0.235. The maximum atomic E-state index is 6.12. The predicted molar refractivity (Wildman–Crippen MR) is 95.1 cm³/mol. The summed E-state index contributed by atoms with van der Waals surface area (Å²) in [5, 5.41) is 7.78. The monoisotopic (exact) mass is 318 g/mol. The molecule has 0 fully saturated rings. The highest BCUT2D eigenvalue weighted by Crippen LogP contribution is 2.20. The van der Waals surface area contributed by atoms with E-state index in [-0.39, 0.29) is 6.04 Å². The van der Waals surface area contributed by atoms with Crippen LogP contribution < -0.4 is 10.6 Å². The Kier molecular flexibility index (Phi) is 5.21. The van der Waals surface area contributed by atoms with E-state index in [1.165, 1.54) is 11.1 Å². The van der Waals surface area contributed by atoms with Crippen LogP contribution in [0.4, 0.5) is 5.69 Å². The zero-order chi connectivity index (χ0) is 15.4. The summed E-state index contributed by atoms with van der Waals surface area (Å²) in [6.07, 6.45) is 0. The Morgan fingerprint density at radius 1 is 1.10 bits per heavy atom. The zero-order valence-electron chi connectivity index (χ0n) is 12.4. The van der Waals surface area contributed by atoms with Crippen LogP contribution >= 0.6 is 23.8 Å². The SMILES string of the molecule is Cc1ccc(NC(=S)NC(C)c2ccccc2C)cc1Cl. The van der Waals surface area contributed by atoms with Gasteiger partial charge in [-0.05, 0) is 61.8 Å². The van der Waals surface area contributed by atoms with Gasteiger partial charge < -0.3 is 10.6 Å². The second kappa shape index (κ2) is 6.92. The first kappa shape index (κ1) is 15.8. The number of rotatable bonds is 3. The lowest BCUT2D eigenvalue weighted by Crippen LogP contribution is -2.31. The molecule has 1 atom stereocenters. The summed E-state index contributed by atoms with van der Waals surface area (Å²) >= 11 is 11.5. The van der Waals surface area contributed by atoms with E-state index in [4.69, 9.17) is 23.8 Å². The number of hydrogen-bond acceptors (Lipinski definition) is 1. The molecule has 0 aliphatic heterocycles. The van der Waals surface area contributed by atoms with Gasteiger partial charge in [-0.15, -0.1) is 0 Å². The molecule has 110 valence electrons. The van der Waals surface area contributed by atoms with Crippen molar-refractivity contribution in [2.45, 2.75) is 26.8 Å². The highest BCUT2D eigenvalue weighted by Gasteiger charge is 2.09. The fourth-order valence-corrected chi connectivity index (χ4v) is 2.66. The molecular weight excluding hydrogens is 300 g/mol. The summed E-state index contributed by atoms with van der Waals surface area (Å²) in [5.41, 5.74) is 4.43. The van der Waals surface area contributed by atoms with Crippen molar-refractivity contribution >= 4 is 34.6 Å². The number of thiocarbonyl (C=S) groups is 1. The molecule has 2 aromatic carbocycles. The van der Waals surface area contributed by atoms with Crippen molar-refractivity contribution in [3.8, 4) is 0 Å². The lowest BCUT2D eigenvalue weighted by Gasteiger charge is -2.19. The quantitative estimate of drug-likeness (QED) is 0.778. The molecule has 0 aliphatic carbocycles. The summed E-state index contributed by atoms with van der Waals surface area (Å²) in [7, 11) is 0. The number of anilines is 1. The van der Waals surface area contributed by atoms with Gasteiger partial charge in [-0.2, -0.15) is 0 Å². The van der Waals surface area contributed by atoms with Crippen molar-refractivity contribution in [1.29, 1.82) is 0 Å². The molecule has 0 radical (unpaired) electrons. The summed E-state index contributed by atoms with van der Waals surface area (Å²) in [4.78, 5) is 0. The Morgan fingerprint density at radius 2 is 1.81 bits per heavy atom. The first-order chi connectivity index (χ1) is 9.97. The van der Waals surface area contributed by atoms with E-state index >= 15 is 0 Å². The average molecular weight is 319 g/mol. The minimum atomic E-state index is 0.145. The van der Waals surface area contributed by atoms with Gasteiger partial charge in [-0.1, -0.05) is 41.9 Å². The number of aryl methyl sites for hydroxylation is 2. The van der Waals surface area contributed by atoms with Gasteiger partial charge in [0.1, 0.15) is 0 Å². The van der Waals surface area contributed by atoms with Gasteiger partial charge in [-0.25, -0.2) is 0 Å². The van der Waals surface area contributed by atoms with Crippen LogP contribution in [0.5, 0.6) is 0 Å². The average Bonchev–Trinajstić information content (AvgIpc) is 2.43. The number of hydrogen-bond donors (Lipinski definition) is 2. The van der Waals surface area contributed by atoms with Crippen molar-refractivity contribution < 1.29 is 0 Å². The topological polar surface area (TPSA) is 24.1 Å². The van der Waals surface area contributed by atoms with Crippen molar-refractivity contribution in [3.05, 3.63) is 64.2 Å². The minimum absolute atomic E-state index is 0.145. The lowest BCUT2D eigenvalue weighted by molar-refractivity contribution is 0.717. The first-order valence-electron chi connectivity index (χ1n) is 6.86. The molecular formula is C17H19ClN2S. The molecule has 0 bridgehead atoms. The highest BCUT2D eigenvalue weighted by atomic mass is 35.5. The largest absolute Gasteiger partial charge is 0.356 e. The van der Waals surface area contributed by atoms with E-state index in [0.29, 0.717) is 5.11 Å². The molecule has 1 unspecified atom stereocenters. The lowest BCUT2D eigenvalue weighted by atomic mass is 10.0. The Balaban J connectivity index is 2.01. The van der Waals surface area contributed by atoms with Crippen LogP contribution in [0.3, 0.4) is 0 Å². The second-order valence-electron chi connectivity index (χ2n) is 5.14. The van der Waals surface area contributed by atoms with Gasteiger partial charge >= 0.3 is 0 Å². The molecule has 0 spiro atoms. The number of nitrogens with one attached hydrogen (secondary N) is 2. The third kappa shape index (κ3) is 4.19. The Bertz CT molecular complexity index is 655. The molecule has 2 aromatic rings. The summed E-state index contributed by atoms with van der Waals surface area (Å²) in [6.45, 7) is 6.17. The van der Waals surface area contributed by atoms with E-state index in [1.807, 2.05) is 37.3 Å². The Labute approximate surface area is 136 Å². The van der Waals surface area contributed by atoms with Crippen LogP contribution in [-0.2, 0) is 0 Å². The molecule has 21 heavy (non-hydrogen) atoms. The Hall–Kier alpha value is -1.58. The van der Waals surface area contributed by atoms with Crippen molar-refractivity contribution in [1.82, 2.24) is 5.32 Å². The van der Waals surface area contributed by atoms with Crippen molar-refractivity contribution in [2.75, 3.05) is 5.32 Å². The van der Waals surface area contributed by atoms with E-state index in [1.54, 1.807) is 0 Å². The van der Waals surface area contributed by atoms with Crippen molar-refractivity contribution in [3.63, 3.8) is 0 Å². The molecule has 2 N–H and O–H groups in total. The number of halogens is 1. The van der Waals surface area contributed by atoms with E-state index in [2.05, 4.69) is 36.6 Å². The van der Waals surface area contributed by atoms with Gasteiger partial charge in [0.2, 0.25) is 0 Å². The molecule has 2 nitrogen and oxygen atoms in total. The van der Waals surface area contributed by atoms with Crippen molar-refractivity contribution in [2.24, 2.45) is 0 Å². The molecule has 0 amide bonds. The number of benzene rings is 2. The molecule has 0 aromatic heterocycles.